The van der Waals surface area contributed by atoms with E-state index >= 15 is 0 Å². The molecule has 9 heteroatoms. The molecule has 32 heavy (non-hydrogen) atoms. The highest BCUT2D eigenvalue weighted by atomic mass is 79.9. The lowest BCUT2D eigenvalue weighted by atomic mass is 10.0. The van der Waals surface area contributed by atoms with Gasteiger partial charge in [-0.1, -0.05) is 40.2 Å². The van der Waals surface area contributed by atoms with Gasteiger partial charge in [-0.25, -0.2) is 4.79 Å². The summed E-state index contributed by atoms with van der Waals surface area (Å²) < 4.78 is 16.7. The molecule has 162 valence electrons. The van der Waals surface area contributed by atoms with Crippen molar-refractivity contribution in [1.82, 2.24) is 0 Å². The lowest BCUT2D eigenvalue weighted by molar-refractivity contribution is 0.0603. The standard InChI is InChI=1S/C23H17BrN2O5S/c1-29-17-5-3-4-13-10-15(20(25)31-19(13)17)21(27)26-22-18(23(28)30-2)16(11-32-22)12-6-8-14(24)9-7-12/h3-11,25H,1-2H3,(H,26,27). The van der Waals surface area contributed by atoms with Crippen LogP contribution in [0.5, 0.6) is 5.75 Å². The van der Waals surface area contributed by atoms with Gasteiger partial charge >= 0.3 is 5.97 Å². The Balaban J connectivity index is 1.74. The summed E-state index contributed by atoms with van der Waals surface area (Å²) >= 11 is 4.60. The summed E-state index contributed by atoms with van der Waals surface area (Å²) in [6, 6.07) is 14.2. The number of nitrogens with one attached hydrogen (secondary N) is 2. The van der Waals surface area contributed by atoms with Crippen LogP contribution in [0.25, 0.3) is 22.1 Å². The Morgan fingerprint density at radius 2 is 1.88 bits per heavy atom. The average Bonchev–Trinajstić information content (AvgIpc) is 3.21. The quantitative estimate of drug-likeness (QED) is 0.346. The van der Waals surface area contributed by atoms with Crippen molar-refractivity contribution in [2.45, 2.75) is 0 Å². The van der Waals surface area contributed by atoms with Crippen LogP contribution in [-0.2, 0) is 4.74 Å². The Hall–Kier alpha value is -3.43. The number of hydrogen-bond acceptors (Lipinski definition) is 7. The highest BCUT2D eigenvalue weighted by molar-refractivity contribution is 9.10. The molecule has 2 aromatic heterocycles. The molecule has 7 nitrogen and oxygen atoms in total. The second-order valence-corrected chi connectivity index (χ2v) is 8.47. The first-order valence-corrected chi connectivity index (χ1v) is 11.0. The van der Waals surface area contributed by atoms with Gasteiger partial charge in [-0.05, 0) is 29.8 Å². The summed E-state index contributed by atoms with van der Waals surface area (Å²) in [5.41, 5.74) is 1.78. The fourth-order valence-electron chi connectivity index (χ4n) is 3.23. The number of para-hydroxylation sites is 1. The van der Waals surface area contributed by atoms with Crippen LogP contribution < -0.4 is 15.6 Å². The molecule has 4 aromatic rings. The third-order valence-electron chi connectivity index (χ3n) is 4.79. The summed E-state index contributed by atoms with van der Waals surface area (Å²) in [5.74, 6) is -0.676. The molecule has 0 saturated heterocycles. The van der Waals surface area contributed by atoms with E-state index < -0.39 is 11.9 Å². The summed E-state index contributed by atoms with van der Waals surface area (Å²) in [6.07, 6.45) is 0. The summed E-state index contributed by atoms with van der Waals surface area (Å²) in [4.78, 5) is 25.6. The maximum atomic E-state index is 13.0. The Labute approximate surface area is 195 Å². The van der Waals surface area contributed by atoms with E-state index in [4.69, 9.17) is 19.3 Å². The number of ether oxygens (including phenoxy) is 2. The van der Waals surface area contributed by atoms with Crippen molar-refractivity contribution < 1.29 is 23.5 Å². The lowest BCUT2D eigenvalue weighted by Crippen LogP contribution is -2.21. The van der Waals surface area contributed by atoms with Crippen LogP contribution >= 0.6 is 27.3 Å². The first kappa shape index (κ1) is 21.8. The van der Waals surface area contributed by atoms with E-state index in [0.29, 0.717) is 27.3 Å². The van der Waals surface area contributed by atoms with Gasteiger partial charge in [-0.15, -0.1) is 11.3 Å². The van der Waals surface area contributed by atoms with Crippen LogP contribution in [-0.4, -0.2) is 26.1 Å². The predicted octanol–water partition coefficient (Wildman–Crippen LogP) is 5.45. The largest absolute Gasteiger partial charge is 0.493 e. The molecule has 0 atom stereocenters. The van der Waals surface area contributed by atoms with E-state index in [1.165, 1.54) is 25.6 Å². The van der Waals surface area contributed by atoms with E-state index in [2.05, 4.69) is 21.2 Å². The van der Waals surface area contributed by atoms with Crippen molar-refractivity contribution in [3.05, 3.63) is 75.1 Å². The van der Waals surface area contributed by atoms with Gasteiger partial charge in [0.05, 0.1) is 14.2 Å². The molecule has 2 N–H and O–H groups in total. The number of methoxy groups -OCH3 is 2. The molecule has 0 radical (unpaired) electrons. The highest BCUT2D eigenvalue weighted by Gasteiger charge is 2.23. The zero-order chi connectivity index (χ0) is 22.8. The number of anilines is 1. The van der Waals surface area contributed by atoms with Gasteiger partial charge in [0.1, 0.15) is 16.1 Å². The van der Waals surface area contributed by atoms with Crippen LogP contribution in [0.15, 0.2) is 62.8 Å². The molecule has 0 unspecified atom stereocenters. The Kier molecular flexibility index (Phi) is 6.11. The zero-order valence-electron chi connectivity index (χ0n) is 17.0. The second-order valence-electron chi connectivity index (χ2n) is 6.67. The lowest BCUT2D eigenvalue weighted by Gasteiger charge is -2.09. The molecular weight excluding hydrogens is 496 g/mol. The highest BCUT2D eigenvalue weighted by Crippen LogP contribution is 2.37. The molecule has 4 rings (SSSR count). The zero-order valence-corrected chi connectivity index (χ0v) is 19.4. The monoisotopic (exact) mass is 512 g/mol. The van der Waals surface area contributed by atoms with Gasteiger partial charge in [0, 0.05) is 20.8 Å². The molecule has 0 aliphatic heterocycles. The average molecular weight is 513 g/mol. The number of thiophene rings is 1. The van der Waals surface area contributed by atoms with Gasteiger partial charge < -0.3 is 19.2 Å². The summed E-state index contributed by atoms with van der Waals surface area (Å²) in [7, 11) is 2.79. The van der Waals surface area contributed by atoms with Gasteiger partial charge in [0.2, 0.25) is 5.55 Å². The Morgan fingerprint density at radius 1 is 1.12 bits per heavy atom. The SMILES string of the molecule is COC(=O)c1c(-c2ccc(Br)cc2)csc1NC(=O)c1cc2cccc(OC)c2oc1=N. The van der Waals surface area contributed by atoms with E-state index in [9.17, 15) is 9.59 Å². The first-order valence-electron chi connectivity index (χ1n) is 9.35. The maximum absolute atomic E-state index is 13.0. The van der Waals surface area contributed by atoms with E-state index in [-0.39, 0.29) is 16.7 Å². The molecule has 2 heterocycles. The Morgan fingerprint density at radius 3 is 2.56 bits per heavy atom. The van der Waals surface area contributed by atoms with Gasteiger partial charge in [-0.3, -0.25) is 10.2 Å². The van der Waals surface area contributed by atoms with Crippen molar-refractivity contribution in [3.63, 3.8) is 0 Å². The smallest absolute Gasteiger partial charge is 0.341 e. The second kappa shape index (κ2) is 8.97. The number of rotatable bonds is 5. The van der Waals surface area contributed by atoms with Crippen LogP contribution in [0.1, 0.15) is 20.7 Å². The van der Waals surface area contributed by atoms with Crippen molar-refractivity contribution in [2.75, 3.05) is 19.5 Å². The molecular formula is C23H17BrN2O5S. The molecule has 0 fully saturated rings. The molecule has 0 spiro atoms. The number of amides is 1. The number of carbonyl (C=O) groups is 2. The van der Waals surface area contributed by atoms with Crippen molar-refractivity contribution in [2.24, 2.45) is 0 Å². The first-order chi connectivity index (χ1) is 15.4. The van der Waals surface area contributed by atoms with E-state index in [0.717, 1.165) is 10.0 Å². The molecule has 0 bridgehead atoms. The minimum absolute atomic E-state index is 0.0279. The van der Waals surface area contributed by atoms with Crippen LogP contribution in [0.4, 0.5) is 5.00 Å². The van der Waals surface area contributed by atoms with Gasteiger partial charge in [0.15, 0.2) is 11.3 Å². The van der Waals surface area contributed by atoms with Crippen LogP contribution in [0, 0.1) is 5.41 Å². The topological polar surface area (TPSA) is 102 Å². The minimum atomic E-state index is -0.571. The van der Waals surface area contributed by atoms with Gasteiger partial charge in [-0.2, -0.15) is 0 Å². The van der Waals surface area contributed by atoms with E-state index in [1.807, 2.05) is 24.3 Å². The number of hydrogen-bond donors (Lipinski definition) is 2. The van der Waals surface area contributed by atoms with Crippen LogP contribution in [0.2, 0.25) is 0 Å². The normalized spacial score (nSPS) is 10.7. The maximum Gasteiger partial charge on any atom is 0.341 e. The number of esters is 1. The molecule has 1 amide bonds. The fourth-order valence-corrected chi connectivity index (χ4v) is 4.45. The van der Waals surface area contributed by atoms with E-state index in [1.54, 1.807) is 29.6 Å². The third-order valence-corrected chi connectivity index (χ3v) is 6.21. The molecule has 0 aliphatic rings. The fraction of sp³-hybridized carbons (Fsp3) is 0.0870. The number of halogens is 1. The number of fused-ring (bicyclic) bond motifs is 1. The van der Waals surface area contributed by atoms with Gasteiger partial charge in [0.25, 0.3) is 5.91 Å². The third kappa shape index (κ3) is 4.04. The number of carbonyl (C=O) groups excluding carboxylic acids is 2. The van der Waals surface area contributed by atoms with Crippen molar-refractivity contribution >= 4 is 55.1 Å². The predicted molar refractivity (Wildman–Crippen MR) is 125 cm³/mol. The summed E-state index contributed by atoms with van der Waals surface area (Å²) in [5, 5.41) is 13.6. The van der Waals surface area contributed by atoms with Crippen molar-refractivity contribution in [3.8, 4) is 16.9 Å². The Bertz CT molecular complexity index is 1390. The molecule has 0 aliphatic carbocycles. The van der Waals surface area contributed by atoms with Crippen LogP contribution in [0.3, 0.4) is 0 Å². The minimum Gasteiger partial charge on any atom is -0.493 e. The summed E-state index contributed by atoms with van der Waals surface area (Å²) in [6.45, 7) is 0. The number of benzene rings is 2. The van der Waals surface area contributed by atoms with Crippen molar-refractivity contribution in [1.29, 1.82) is 5.41 Å². The molecule has 0 saturated carbocycles. The molecule has 2 aromatic carbocycles.